The molecule has 3 heteroatoms. The van der Waals surface area contributed by atoms with Crippen molar-refractivity contribution >= 4 is 11.6 Å². The van der Waals surface area contributed by atoms with Crippen LogP contribution in [-0.2, 0) is 6.42 Å². The summed E-state index contributed by atoms with van der Waals surface area (Å²) in [7, 11) is 0. The number of benzene rings is 1. The monoisotopic (exact) mass is 224 g/mol. The van der Waals surface area contributed by atoms with Crippen molar-refractivity contribution in [1.29, 1.82) is 0 Å². The van der Waals surface area contributed by atoms with Gasteiger partial charge in [-0.25, -0.2) is 0 Å². The van der Waals surface area contributed by atoms with Crippen molar-refractivity contribution in [3.8, 4) is 0 Å². The molecule has 2 nitrogen and oxygen atoms in total. The van der Waals surface area contributed by atoms with Gasteiger partial charge in [0.1, 0.15) is 0 Å². The first kappa shape index (κ1) is 10.9. The molecule has 0 aliphatic heterocycles. The summed E-state index contributed by atoms with van der Waals surface area (Å²) in [5.74, 6) is 6.29. The number of rotatable bonds is 4. The number of hydrogen-bond donors (Lipinski definition) is 2. The van der Waals surface area contributed by atoms with Crippen molar-refractivity contribution in [2.75, 3.05) is 0 Å². The highest BCUT2D eigenvalue weighted by Gasteiger charge is 2.30. The molecule has 1 saturated carbocycles. The van der Waals surface area contributed by atoms with Crippen molar-refractivity contribution in [3.05, 3.63) is 34.3 Å². The fourth-order valence-electron chi connectivity index (χ4n) is 1.92. The quantitative estimate of drug-likeness (QED) is 0.609. The van der Waals surface area contributed by atoms with E-state index in [0.29, 0.717) is 6.04 Å². The Hall–Kier alpha value is -0.570. The van der Waals surface area contributed by atoms with Gasteiger partial charge in [-0.1, -0.05) is 23.7 Å². The molecule has 0 aromatic heterocycles. The van der Waals surface area contributed by atoms with Crippen LogP contribution in [0.4, 0.5) is 0 Å². The van der Waals surface area contributed by atoms with Gasteiger partial charge in [-0.3, -0.25) is 11.3 Å². The highest BCUT2D eigenvalue weighted by molar-refractivity contribution is 6.31. The third kappa shape index (κ3) is 2.71. The van der Waals surface area contributed by atoms with Gasteiger partial charge >= 0.3 is 0 Å². The van der Waals surface area contributed by atoms with E-state index in [1.54, 1.807) is 0 Å². The summed E-state index contributed by atoms with van der Waals surface area (Å²) in [6.45, 7) is 2.05. The smallest absolute Gasteiger partial charge is 0.0441 e. The van der Waals surface area contributed by atoms with E-state index >= 15 is 0 Å². The Morgan fingerprint density at radius 2 is 2.27 bits per heavy atom. The van der Waals surface area contributed by atoms with Gasteiger partial charge in [0.05, 0.1) is 0 Å². The summed E-state index contributed by atoms with van der Waals surface area (Å²) < 4.78 is 0. The molecule has 0 saturated heterocycles. The molecule has 1 unspecified atom stereocenters. The number of nitrogens with two attached hydrogens (primary N) is 1. The van der Waals surface area contributed by atoms with Gasteiger partial charge in [-0.05, 0) is 49.3 Å². The van der Waals surface area contributed by atoms with Crippen molar-refractivity contribution in [3.63, 3.8) is 0 Å². The van der Waals surface area contributed by atoms with E-state index in [9.17, 15) is 0 Å². The molecule has 1 aromatic carbocycles. The van der Waals surface area contributed by atoms with E-state index in [4.69, 9.17) is 17.4 Å². The molecule has 3 N–H and O–H groups in total. The average Bonchev–Trinajstić information content (AvgIpc) is 3.00. The predicted molar refractivity (Wildman–Crippen MR) is 63.7 cm³/mol. The highest BCUT2D eigenvalue weighted by Crippen LogP contribution is 2.34. The molecule has 1 atom stereocenters. The Kier molecular flexibility index (Phi) is 3.29. The number of halogens is 1. The summed E-state index contributed by atoms with van der Waals surface area (Å²) >= 11 is 6.19. The molecule has 1 aromatic rings. The third-order valence-corrected chi connectivity index (χ3v) is 3.41. The maximum absolute atomic E-state index is 6.19. The standard InChI is InChI=1S/C12H17ClN2/c1-8-2-3-10(11(13)6-8)7-12(15-14)9-4-5-9/h2-3,6,9,12,15H,4-5,7,14H2,1H3. The van der Waals surface area contributed by atoms with Crippen LogP contribution in [0.5, 0.6) is 0 Å². The molecular weight excluding hydrogens is 208 g/mol. The van der Waals surface area contributed by atoms with Crippen molar-refractivity contribution in [1.82, 2.24) is 5.43 Å². The second-order valence-electron chi connectivity index (χ2n) is 4.41. The Morgan fingerprint density at radius 1 is 1.53 bits per heavy atom. The Labute approximate surface area is 95.8 Å². The van der Waals surface area contributed by atoms with Crippen molar-refractivity contribution < 1.29 is 0 Å². The minimum atomic E-state index is 0.380. The normalized spacial score (nSPS) is 17.8. The van der Waals surface area contributed by atoms with Crippen LogP contribution in [0, 0.1) is 12.8 Å². The zero-order valence-electron chi connectivity index (χ0n) is 8.96. The van der Waals surface area contributed by atoms with Crippen LogP contribution in [0.15, 0.2) is 18.2 Å². The van der Waals surface area contributed by atoms with Gasteiger partial charge in [0.25, 0.3) is 0 Å². The van der Waals surface area contributed by atoms with Crippen LogP contribution in [0.25, 0.3) is 0 Å². The maximum Gasteiger partial charge on any atom is 0.0441 e. The average molecular weight is 225 g/mol. The summed E-state index contributed by atoms with van der Waals surface area (Å²) in [4.78, 5) is 0. The molecule has 0 heterocycles. The lowest BCUT2D eigenvalue weighted by Crippen LogP contribution is -2.38. The van der Waals surface area contributed by atoms with Crippen LogP contribution in [-0.4, -0.2) is 6.04 Å². The molecule has 2 rings (SSSR count). The molecule has 1 aliphatic rings. The first-order valence-electron chi connectivity index (χ1n) is 5.42. The lowest BCUT2D eigenvalue weighted by molar-refractivity contribution is 0.472. The van der Waals surface area contributed by atoms with Gasteiger partial charge in [0.2, 0.25) is 0 Å². The van der Waals surface area contributed by atoms with Gasteiger partial charge in [0.15, 0.2) is 0 Å². The Morgan fingerprint density at radius 3 is 2.80 bits per heavy atom. The third-order valence-electron chi connectivity index (χ3n) is 3.05. The second-order valence-corrected chi connectivity index (χ2v) is 4.82. The van der Waals surface area contributed by atoms with Crippen LogP contribution < -0.4 is 11.3 Å². The van der Waals surface area contributed by atoms with E-state index in [1.165, 1.54) is 24.0 Å². The molecule has 1 aliphatic carbocycles. The number of aryl methyl sites for hydroxylation is 1. The van der Waals surface area contributed by atoms with E-state index in [1.807, 2.05) is 6.07 Å². The summed E-state index contributed by atoms with van der Waals surface area (Å²) in [5.41, 5.74) is 5.29. The van der Waals surface area contributed by atoms with Gasteiger partial charge in [-0.15, -0.1) is 0 Å². The first-order chi connectivity index (χ1) is 7.20. The van der Waals surface area contributed by atoms with Gasteiger partial charge in [0, 0.05) is 11.1 Å². The van der Waals surface area contributed by atoms with Crippen molar-refractivity contribution in [2.45, 2.75) is 32.2 Å². The molecule has 0 amide bonds. The van der Waals surface area contributed by atoms with Crippen LogP contribution in [0.3, 0.4) is 0 Å². The van der Waals surface area contributed by atoms with E-state index in [-0.39, 0.29) is 0 Å². The summed E-state index contributed by atoms with van der Waals surface area (Å²) in [5, 5.41) is 0.857. The van der Waals surface area contributed by atoms with Gasteiger partial charge < -0.3 is 0 Å². The predicted octanol–water partition coefficient (Wildman–Crippen LogP) is 2.43. The Balaban J connectivity index is 2.08. The fourth-order valence-corrected chi connectivity index (χ4v) is 2.23. The maximum atomic E-state index is 6.19. The topological polar surface area (TPSA) is 38.0 Å². The molecule has 0 bridgehead atoms. The van der Waals surface area contributed by atoms with Crippen LogP contribution in [0.2, 0.25) is 5.02 Å². The number of nitrogens with one attached hydrogen (secondary N) is 1. The number of hydrogen-bond acceptors (Lipinski definition) is 2. The number of hydrazine groups is 1. The van der Waals surface area contributed by atoms with Crippen LogP contribution in [0.1, 0.15) is 24.0 Å². The minimum Gasteiger partial charge on any atom is -0.271 e. The summed E-state index contributed by atoms with van der Waals surface area (Å²) in [6.07, 6.45) is 3.51. The zero-order chi connectivity index (χ0) is 10.8. The van der Waals surface area contributed by atoms with Crippen molar-refractivity contribution in [2.24, 2.45) is 11.8 Å². The largest absolute Gasteiger partial charge is 0.271 e. The second kappa shape index (κ2) is 4.52. The van der Waals surface area contributed by atoms with E-state index < -0.39 is 0 Å². The summed E-state index contributed by atoms with van der Waals surface area (Å²) in [6, 6.07) is 6.59. The van der Waals surface area contributed by atoms with E-state index in [2.05, 4.69) is 24.5 Å². The first-order valence-corrected chi connectivity index (χ1v) is 5.79. The molecule has 1 fully saturated rings. The minimum absolute atomic E-state index is 0.380. The molecule has 0 radical (unpaired) electrons. The molecule has 82 valence electrons. The highest BCUT2D eigenvalue weighted by atomic mass is 35.5. The van der Waals surface area contributed by atoms with Crippen LogP contribution >= 0.6 is 11.6 Å². The fraction of sp³-hybridized carbons (Fsp3) is 0.500. The molecule has 15 heavy (non-hydrogen) atoms. The zero-order valence-corrected chi connectivity index (χ0v) is 9.72. The van der Waals surface area contributed by atoms with Gasteiger partial charge in [-0.2, -0.15) is 0 Å². The lowest BCUT2D eigenvalue weighted by Gasteiger charge is -2.15. The SMILES string of the molecule is Cc1ccc(CC(NN)C2CC2)c(Cl)c1. The Bertz CT molecular complexity index is 347. The lowest BCUT2D eigenvalue weighted by atomic mass is 10.0. The molecular formula is C12H17ClN2. The molecule has 0 spiro atoms. The van der Waals surface area contributed by atoms with E-state index in [0.717, 1.165) is 17.4 Å².